The third-order valence-electron chi connectivity index (χ3n) is 3.31. The summed E-state index contributed by atoms with van der Waals surface area (Å²) in [5, 5.41) is 0. The molecule has 0 amide bonds. The van der Waals surface area contributed by atoms with Gasteiger partial charge in [0.1, 0.15) is 5.82 Å². The molecular weight excluding hydrogens is 246 g/mol. The van der Waals surface area contributed by atoms with Crippen LogP contribution in [0.5, 0.6) is 0 Å². The molecule has 1 saturated heterocycles. The number of aromatic nitrogens is 1. The predicted octanol–water partition coefficient (Wildman–Crippen LogP) is 2.60. The van der Waals surface area contributed by atoms with Gasteiger partial charge in [-0.1, -0.05) is 19.9 Å². The topological polar surface area (TPSA) is 19.4 Å². The van der Waals surface area contributed by atoms with E-state index in [0.29, 0.717) is 5.88 Å². The molecule has 0 radical (unpaired) electrons. The van der Waals surface area contributed by atoms with Crippen LogP contribution in [0.4, 0.5) is 5.82 Å². The Labute approximate surface area is 115 Å². The Hall–Kier alpha value is -0.800. The molecule has 0 atom stereocenters. The first-order valence-corrected chi connectivity index (χ1v) is 7.21. The fraction of sp³-hybridized carbons (Fsp3) is 0.643. The Balaban J connectivity index is 1.97. The van der Waals surface area contributed by atoms with Crippen LogP contribution >= 0.6 is 11.6 Å². The van der Waals surface area contributed by atoms with E-state index in [1.54, 1.807) is 0 Å². The summed E-state index contributed by atoms with van der Waals surface area (Å²) in [6.07, 6.45) is 1.85. The van der Waals surface area contributed by atoms with Crippen LogP contribution in [-0.4, -0.2) is 42.6 Å². The lowest BCUT2D eigenvalue weighted by Crippen LogP contribution is -2.47. The summed E-state index contributed by atoms with van der Waals surface area (Å²) < 4.78 is 0. The van der Waals surface area contributed by atoms with Crippen molar-refractivity contribution in [3.63, 3.8) is 0 Å². The van der Waals surface area contributed by atoms with Gasteiger partial charge in [-0.3, -0.25) is 4.90 Å². The zero-order valence-corrected chi connectivity index (χ0v) is 12.0. The molecule has 0 bridgehead atoms. The molecule has 1 aliphatic rings. The van der Waals surface area contributed by atoms with Crippen molar-refractivity contribution >= 4 is 17.4 Å². The number of rotatable bonds is 4. The number of nitrogens with zero attached hydrogens (tertiary/aromatic N) is 3. The van der Waals surface area contributed by atoms with Crippen molar-refractivity contribution in [2.75, 3.05) is 37.6 Å². The van der Waals surface area contributed by atoms with Crippen LogP contribution in [0.3, 0.4) is 0 Å². The van der Waals surface area contributed by atoms with Crippen LogP contribution in [0, 0.1) is 5.92 Å². The van der Waals surface area contributed by atoms with Crippen molar-refractivity contribution in [2.45, 2.75) is 19.7 Å². The molecule has 1 aromatic heterocycles. The number of hydrogen-bond acceptors (Lipinski definition) is 3. The lowest BCUT2D eigenvalue weighted by molar-refractivity contribution is 0.231. The molecule has 0 N–H and O–H groups in total. The highest BCUT2D eigenvalue weighted by Gasteiger charge is 2.19. The van der Waals surface area contributed by atoms with Gasteiger partial charge >= 0.3 is 0 Å². The van der Waals surface area contributed by atoms with Gasteiger partial charge in [0.15, 0.2) is 0 Å². The molecule has 1 aromatic rings. The minimum Gasteiger partial charge on any atom is -0.354 e. The summed E-state index contributed by atoms with van der Waals surface area (Å²) >= 11 is 5.97. The van der Waals surface area contributed by atoms with Gasteiger partial charge in [0.25, 0.3) is 0 Å². The Kier molecular flexibility index (Phi) is 4.84. The Morgan fingerprint density at radius 1 is 1.28 bits per heavy atom. The lowest BCUT2D eigenvalue weighted by Gasteiger charge is -2.36. The third-order valence-corrected chi connectivity index (χ3v) is 3.59. The number of piperazine rings is 1. The fourth-order valence-electron chi connectivity index (χ4n) is 2.48. The highest BCUT2D eigenvalue weighted by atomic mass is 35.5. The smallest absolute Gasteiger partial charge is 0.133 e. The van der Waals surface area contributed by atoms with Gasteiger partial charge in [-0.25, -0.2) is 4.98 Å². The molecule has 3 nitrogen and oxygen atoms in total. The zero-order valence-electron chi connectivity index (χ0n) is 11.3. The molecule has 1 aliphatic heterocycles. The summed E-state index contributed by atoms with van der Waals surface area (Å²) in [4.78, 5) is 9.37. The first-order chi connectivity index (χ1) is 8.70. The van der Waals surface area contributed by atoms with E-state index >= 15 is 0 Å². The highest BCUT2D eigenvalue weighted by molar-refractivity contribution is 6.17. The van der Waals surface area contributed by atoms with Crippen LogP contribution in [0.1, 0.15) is 19.4 Å². The van der Waals surface area contributed by atoms with Crippen LogP contribution in [-0.2, 0) is 5.88 Å². The predicted molar refractivity (Wildman–Crippen MR) is 77.3 cm³/mol. The van der Waals surface area contributed by atoms with Gasteiger partial charge in [0, 0.05) is 44.5 Å². The average Bonchev–Trinajstić information content (AvgIpc) is 2.39. The van der Waals surface area contributed by atoms with Crippen LogP contribution < -0.4 is 4.90 Å². The largest absolute Gasteiger partial charge is 0.354 e. The summed E-state index contributed by atoms with van der Waals surface area (Å²) in [6, 6.07) is 4.02. The van der Waals surface area contributed by atoms with Gasteiger partial charge in [0.05, 0.1) is 5.88 Å². The SMILES string of the molecule is CC(C)CN1CCN(c2ncccc2CCl)CC1. The van der Waals surface area contributed by atoms with Crippen molar-refractivity contribution in [1.29, 1.82) is 0 Å². The van der Waals surface area contributed by atoms with E-state index in [4.69, 9.17) is 11.6 Å². The highest BCUT2D eigenvalue weighted by Crippen LogP contribution is 2.20. The molecule has 0 aliphatic carbocycles. The molecular formula is C14H22ClN3. The maximum Gasteiger partial charge on any atom is 0.133 e. The molecule has 0 unspecified atom stereocenters. The fourth-order valence-corrected chi connectivity index (χ4v) is 2.69. The van der Waals surface area contributed by atoms with E-state index in [-0.39, 0.29) is 0 Å². The van der Waals surface area contributed by atoms with E-state index in [1.165, 1.54) is 6.54 Å². The van der Waals surface area contributed by atoms with Crippen molar-refractivity contribution in [3.8, 4) is 0 Å². The molecule has 1 fully saturated rings. The molecule has 100 valence electrons. The maximum absolute atomic E-state index is 5.97. The van der Waals surface area contributed by atoms with Gasteiger partial charge in [0.2, 0.25) is 0 Å². The number of halogens is 1. The second-order valence-electron chi connectivity index (χ2n) is 5.30. The first kappa shape index (κ1) is 13.6. The molecule has 4 heteroatoms. The summed E-state index contributed by atoms with van der Waals surface area (Å²) in [6.45, 7) is 10.1. The van der Waals surface area contributed by atoms with Gasteiger partial charge in [-0.15, -0.1) is 11.6 Å². The molecule has 0 aromatic carbocycles. The molecule has 18 heavy (non-hydrogen) atoms. The van der Waals surface area contributed by atoms with E-state index in [1.807, 2.05) is 12.3 Å². The summed E-state index contributed by atoms with van der Waals surface area (Å²) in [7, 11) is 0. The summed E-state index contributed by atoms with van der Waals surface area (Å²) in [5.41, 5.74) is 1.14. The van der Waals surface area contributed by atoms with Gasteiger partial charge < -0.3 is 4.90 Å². The minimum absolute atomic E-state index is 0.537. The van der Waals surface area contributed by atoms with Gasteiger partial charge in [-0.2, -0.15) is 0 Å². The summed E-state index contributed by atoms with van der Waals surface area (Å²) in [5.74, 6) is 2.34. The molecule has 0 saturated carbocycles. The van der Waals surface area contributed by atoms with E-state index in [2.05, 4.69) is 34.7 Å². The quantitative estimate of drug-likeness (QED) is 0.782. The second-order valence-corrected chi connectivity index (χ2v) is 5.57. The number of pyridine rings is 1. The minimum atomic E-state index is 0.537. The van der Waals surface area contributed by atoms with E-state index in [9.17, 15) is 0 Å². The maximum atomic E-state index is 5.97. The second kappa shape index (κ2) is 6.39. The van der Waals surface area contributed by atoms with Crippen molar-refractivity contribution < 1.29 is 0 Å². The standard InChI is InChI=1S/C14H22ClN3/c1-12(2)11-17-6-8-18(9-7-17)14-13(10-15)4-3-5-16-14/h3-5,12H,6-11H2,1-2H3. The normalized spacial score (nSPS) is 17.4. The average molecular weight is 268 g/mol. The van der Waals surface area contributed by atoms with E-state index in [0.717, 1.165) is 43.5 Å². The van der Waals surface area contributed by atoms with Crippen molar-refractivity contribution in [1.82, 2.24) is 9.88 Å². The van der Waals surface area contributed by atoms with Crippen LogP contribution in [0.15, 0.2) is 18.3 Å². The third kappa shape index (κ3) is 3.36. The lowest BCUT2D eigenvalue weighted by atomic mass is 10.2. The number of hydrogen-bond donors (Lipinski definition) is 0. The number of alkyl halides is 1. The molecule has 0 spiro atoms. The Morgan fingerprint density at radius 3 is 2.61 bits per heavy atom. The van der Waals surface area contributed by atoms with Gasteiger partial charge in [-0.05, 0) is 12.0 Å². The Morgan fingerprint density at radius 2 is 2.00 bits per heavy atom. The first-order valence-electron chi connectivity index (χ1n) is 6.68. The van der Waals surface area contributed by atoms with Crippen molar-refractivity contribution in [3.05, 3.63) is 23.9 Å². The van der Waals surface area contributed by atoms with E-state index < -0.39 is 0 Å². The molecule has 2 rings (SSSR count). The number of anilines is 1. The Bertz CT molecular complexity index is 373. The van der Waals surface area contributed by atoms with Crippen molar-refractivity contribution in [2.24, 2.45) is 5.92 Å². The van der Waals surface area contributed by atoms with Crippen LogP contribution in [0.2, 0.25) is 0 Å². The van der Waals surface area contributed by atoms with Crippen LogP contribution in [0.25, 0.3) is 0 Å². The zero-order chi connectivity index (χ0) is 13.0. The monoisotopic (exact) mass is 267 g/mol. The molecule has 2 heterocycles.